The zero-order valence-corrected chi connectivity index (χ0v) is 61.0. The van der Waals surface area contributed by atoms with Crippen molar-refractivity contribution in [1.82, 2.24) is 19.9 Å². The van der Waals surface area contributed by atoms with E-state index in [1.54, 1.807) is 104 Å². The molecule has 12 heterocycles. The fourth-order valence-electron chi connectivity index (χ4n) is 15.6. The molecule has 528 valence electrons. The van der Waals surface area contributed by atoms with Crippen molar-refractivity contribution in [3.8, 4) is 45.0 Å². The molecule has 8 aromatic carbocycles. The molecule has 20 aromatic rings. The summed E-state index contributed by atoms with van der Waals surface area (Å²) in [6.45, 7) is -2.38. The molecule has 0 spiro atoms. The summed E-state index contributed by atoms with van der Waals surface area (Å²) < 4.78 is 177. The van der Waals surface area contributed by atoms with Crippen LogP contribution in [0.25, 0.3) is 176 Å². The van der Waals surface area contributed by atoms with E-state index in [4.69, 9.17) is 42.3 Å². The van der Waals surface area contributed by atoms with Gasteiger partial charge in [0.05, 0.1) is 43.8 Å². The smallest absolute Gasteiger partial charge is 0.227 e. The van der Waals surface area contributed by atoms with Crippen molar-refractivity contribution in [3.63, 3.8) is 0 Å². The average Bonchev–Trinajstić information content (AvgIpc) is 1.57. The van der Waals surface area contributed by atoms with Crippen molar-refractivity contribution >= 4 is 131 Å². The van der Waals surface area contributed by atoms with Crippen LogP contribution in [0.4, 0.5) is 0 Å². The standard InChI is InChI=1S/C25H23N2O.2C24H21N2O.C23H19N2O/c1-14-11-20(27(5)13-17(14)4)21-15(2)10-16(3)22-23-19-9-7-6-8-18(19)12-26-25(23)28-24(21)22;1-14-9-10-19(26(4)13-14)20-15(2)11-16(3)21-22-18-8-6-5-7-17(18)12-25-24(22)27-23(20)21;1-14-9-10-26(4)19(11-14)20-15(2)12-16(3)21-22-18-8-6-5-7-17(18)13-25-24(22)27-23(20)21;1-14-12-15(2)20-21-17-9-5-4-8-16(17)13-24-23(21)26-22(20)19(14)18-10-6-7-11-25(18)3/h6-13H,1-5H3;2*5-13H,1-4H3;4-13H,1-3H3/q4*+1/i3D3,4D3;1D3,3D3;3D3;2D3. The summed E-state index contributed by atoms with van der Waals surface area (Å²) in [6, 6.07) is 53.2. The highest BCUT2D eigenvalue weighted by molar-refractivity contribution is 6.24. The summed E-state index contributed by atoms with van der Waals surface area (Å²) in [7, 11) is 7.50. The maximum absolute atomic E-state index is 8.23. The average molecular weight is 1430 g/mol. The maximum atomic E-state index is 8.23. The second-order valence-corrected chi connectivity index (χ2v) is 28.0. The van der Waals surface area contributed by atoms with Gasteiger partial charge in [-0.05, 0) is 172 Å². The molecule has 12 aromatic heterocycles. The van der Waals surface area contributed by atoms with Crippen LogP contribution in [0.3, 0.4) is 0 Å². The number of hydrogen-bond acceptors (Lipinski definition) is 8. The largest absolute Gasteiger partial charge is 0.437 e. The zero-order chi connectivity index (χ0) is 89.8. The van der Waals surface area contributed by atoms with Crippen molar-refractivity contribution < 1.29 is 60.6 Å². The lowest BCUT2D eigenvalue weighted by atomic mass is 9.95. The Morgan fingerprint density at radius 1 is 0.269 bits per heavy atom. The predicted octanol–water partition coefficient (Wildman–Crippen LogP) is 22.2. The Labute approximate surface area is 651 Å². The molecule has 12 heteroatoms. The van der Waals surface area contributed by atoms with Gasteiger partial charge >= 0.3 is 0 Å². The van der Waals surface area contributed by atoms with Gasteiger partial charge in [-0.25, -0.2) is 38.2 Å². The molecule has 0 radical (unpaired) electrons. The van der Waals surface area contributed by atoms with Crippen molar-refractivity contribution in [2.45, 2.75) is 82.7 Å². The van der Waals surface area contributed by atoms with Crippen molar-refractivity contribution in [2.24, 2.45) is 28.2 Å². The quantitative estimate of drug-likeness (QED) is 0.160. The summed E-state index contributed by atoms with van der Waals surface area (Å²) in [4.78, 5) is 18.0. The summed E-state index contributed by atoms with van der Waals surface area (Å²) >= 11 is 0. The van der Waals surface area contributed by atoms with E-state index in [0.29, 0.717) is 117 Å². The van der Waals surface area contributed by atoms with E-state index in [1.165, 1.54) is 0 Å². The van der Waals surface area contributed by atoms with E-state index in [-0.39, 0.29) is 22.3 Å². The van der Waals surface area contributed by atoms with Gasteiger partial charge in [0.25, 0.3) is 0 Å². The fourth-order valence-corrected chi connectivity index (χ4v) is 15.6. The van der Waals surface area contributed by atoms with Crippen LogP contribution < -0.4 is 18.3 Å². The molecule has 20 rings (SSSR count). The molecule has 0 saturated heterocycles. The third-order valence-electron chi connectivity index (χ3n) is 20.8. The molecule has 0 aliphatic rings. The Hall–Kier alpha value is -12.8. The molecule has 108 heavy (non-hydrogen) atoms. The van der Waals surface area contributed by atoms with Gasteiger partial charge in [-0.1, -0.05) is 121 Å². The van der Waals surface area contributed by atoms with Crippen LogP contribution in [0.15, 0.2) is 237 Å². The Morgan fingerprint density at radius 3 is 0.981 bits per heavy atom. The number of hydrogen-bond donors (Lipinski definition) is 0. The summed E-state index contributed by atoms with van der Waals surface area (Å²) in [5.41, 5.74) is 16.6. The molecule has 0 aliphatic carbocycles. The van der Waals surface area contributed by atoms with Gasteiger partial charge < -0.3 is 17.7 Å². The zero-order valence-electron chi connectivity index (χ0n) is 79.0. The second-order valence-electron chi connectivity index (χ2n) is 28.0. The van der Waals surface area contributed by atoms with Gasteiger partial charge in [0.1, 0.15) is 28.2 Å². The van der Waals surface area contributed by atoms with Crippen LogP contribution in [0, 0.1) is 82.7 Å². The highest BCUT2D eigenvalue weighted by Gasteiger charge is 2.29. The molecule has 0 fully saturated rings. The molecule has 0 bridgehead atoms. The van der Waals surface area contributed by atoms with Gasteiger partial charge in [-0.3, -0.25) is 0 Å². The molecule has 0 aliphatic heterocycles. The lowest BCUT2D eigenvalue weighted by Crippen LogP contribution is -2.31. The highest BCUT2D eigenvalue weighted by atomic mass is 16.4. The molecule has 12 nitrogen and oxygen atoms in total. The van der Waals surface area contributed by atoms with E-state index in [9.17, 15) is 0 Å². The number of fused-ring (bicyclic) bond motifs is 20. The first-order chi connectivity index (χ1) is 59.5. The number of aromatic nitrogens is 8. The lowest BCUT2D eigenvalue weighted by molar-refractivity contribution is -0.660. The number of nitrogens with zero attached hydrogens (tertiary/aromatic N) is 8. The first kappa shape index (κ1) is 50.6. The highest BCUT2D eigenvalue weighted by Crippen LogP contribution is 2.46. The molecule has 0 amide bonds. The first-order valence-corrected chi connectivity index (χ1v) is 35.4. The third-order valence-corrected chi connectivity index (χ3v) is 20.8. The third kappa shape index (κ3) is 11.4. The molecular formula is C96H84N8O4+4. The minimum absolute atomic E-state index is 0.206. The predicted molar refractivity (Wildman–Crippen MR) is 439 cm³/mol. The first-order valence-electron chi connectivity index (χ1n) is 44.4. The van der Waals surface area contributed by atoms with Crippen LogP contribution in [-0.4, -0.2) is 19.9 Å². The lowest BCUT2D eigenvalue weighted by Gasteiger charge is -2.09. The number of benzene rings is 8. The van der Waals surface area contributed by atoms with E-state index in [2.05, 4.69) is 26.0 Å². The van der Waals surface area contributed by atoms with Crippen molar-refractivity contribution in [1.29, 1.82) is 0 Å². The van der Waals surface area contributed by atoms with Crippen LogP contribution in [0.1, 0.15) is 91.4 Å². The Balaban J connectivity index is 0.000000119. The minimum Gasteiger partial charge on any atom is -0.437 e. The Morgan fingerprint density at radius 2 is 0.611 bits per heavy atom. The van der Waals surface area contributed by atoms with Crippen LogP contribution >= 0.6 is 0 Å². The van der Waals surface area contributed by atoms with Gasteiger partial charge in [0, 0.05) is 140 Å². The minimum atomic E-state index is -2.36. The number of aryl methyl sites for hydroxylation is 16. The Bertz CT molecular complexity index is 7910. The van der Waals surface area contributed by atoms with E-state index in [0.717, 1.165) is 104 Å². The van der Waals surface area contributed by atoms with E-state index in [1.807, 2.05) is 198 Å². The second kappa shape index (κ2) is 26.7. The van der Waals surface area contributed by atoms with Crippen molar-refractivity contribution in [2.75, 3.05) is 0 Å². The summed E-state index contributed by atoms with van der Waals surface area (Å²) in [6.07, 6.45) is 14.1. The molecular weight excluding hydrogens is 1330 g/mol. The van der Waals surface area contributed by atoms with Gasteiger partial charge in [-0.15, -0.1) is 0 Å². The summed E-state index contributed by atoms with van der Waals surface area (Å²) in [5.74, 6) is 0. The number of furan rings is 4. The topological polar surface area (TPSA) is 120 Å². The SMILES string of the molecule is [2H]C([2H])([2H])c1c[n+](C)c(-c2c(C)cc(C([2H])([2H])[2H])c3c2oc2ncc4ccccc4c23)cc1C.[2H]C([2H])([2H])c1cc(C)c(-c2cc(C)cc[n+]2C)c2oc3ncc4ccccc4c3c12.[2H]C([2H])([2H])c1cc(C)c(-c2cccc[n+]2C)c2oc3ncc4ccccc4c3c12.[2H]C([2H])([2H])c1ccc(-c2c(C)cc(C([2H])([2H])[2H])c3c2oc2ncc4ccccc4c23)[n+](C)c1. The summed E-state index contributed by atoms with van der Waals surface area (Å²) in [5, 5.41) is 12.4. The molecule has 0 unspecified atom stereocenters. The Kier molecular flexibility index (Phi) is 12.5. The van der Waals surface area contributed by atoms with E-state index >= 15 is 0 Å². The maximum Gasteiger partial charge on any atom is 0.227 e. The van der Waals surface area contributed by atoms with Gasteiger partial charge in [0.2, 0.25) is 45.6 Å². The van der Waals surface area contributed by atoms with Gasteiger partial charge in [-0.2, -0.15) is 0 Å². The molecule has 0 atom stereocenters. The monoisotopic (exact) mass is 1430 g/mol. The van der Waals surface area contributed by atoms with Crippen molar-refractivity contribution in [3.05, 3.63) is 286 Å². The molecule has 0 N–H and O–H groups in total. The van der Waals surface area contributed by atoms with Crippen LogP contribution in [0.5, 0.6) is 0 Å². The van der Waals surface area contributed by atoms with E-state index < -0.39 is 41.1 Å². The van der Waals surface area contributed by atoms with Crippen LogP contribution in [0.2, 0.25) is 0 Å². The number of rotatable bonds is 4. The molecule has 0 saturated carbocycles. The van der Waals surface area contributed by atoms with Crippen LogP contribution in [-0.2, 0) is 28.2 Å². The van der Waals surface area contributed by atoms with Gasteiger partial charge in [0.15, 0.2) is 47.1 Å². The normalized spacial score (nSPS) is 14.9. The fraction of sp³-hybridized carbons (Fsp3) is 0.167. The number of pyridine rings is 8.